The van der Waals surface area contributed by atoms with E-state index in [9.17, 15) is 4.79 Å². The lowest BCUT2D eigenvalue weighted by atomic mass is 10.2. The standard InChI is InChI=1S/C13H17BrN2O2/c1-16-6-7-18-12(9-16)8-15-13(17)10-2-4-11(14)5-3-10/h2-5,12H,6-9H2,1H3,(H,15,17). The van der Waals surface area contributed by atoms with E-state index in [-0.39, 0.29) is 12.0 Å². The molecule has 98 valence electrons. The molecule has 1 amide bonds. The second-order valence-corrected chi connectivity index (χ2v) is 5.39. The molecule has 2 rings (SSSR count). The van der Waals surface area contributed by atoms with Crippen LogP contribution in [0.5, 0.6) is 0 Å². The van der Waals surface area contributed by atoms with Gasteiger partial charge >= 0.3 is 0 Å². The van der Waals surface area contributed by atoms with Crippen molar-refractivity contribution < 1.29 is 9.53 Å². The molecule has 1 saturated heterocycles. The van der Waals surface area contributed by atoms with E-state index >= 15 is 0 Å². The Hall–Kier alpha value is -0.910. The van der Waals surface area contributed by atoms with E-state index in [1.165, 1.54) is 0 Å². The van der Waals surface area contributed by atoms with Crippen molar-refractivity contribution in [3.63, 3.8) is 0 Å². The predicted molar refractivity (Wildman–Crippen MR) is 73.7 cm³/mol. The van der Waals surface area contributed by atoms with Crippen LogP contribution in [0, 0.1) is 0 Å². The summed E-state index contributed by atoms with van der Waals surface area (Å²) in [4.78, 5) is 14.1. The van der Waals surface area contributed by atoms with Gasteiger partial charge in [0.2, 0.25) is 0 Å². The number of amides is 1. The Kier molecular flexibility index (Phi) is 4.74. The molecule has 1 heterocycles. The fraction of sp³-hybridized carbons (Fsp3) is 0.462. The number of morpholine rings is 1. The van der Waals surface area contributed by atoms with Gasteiger partial charge in [-0.2, -0.15) is 0 Å². The van der Waals surface area contributed by atoms with Gasteiger partial charge in [-0.25, -0.2) is 0 Å². The number of nitrogens with zero attached hydrogens (tertiary/aromatic N) is 1. The van der Waals surface area contributed by atoms with Gasteiger partial charge in [0, 0.05) is 29.7 Å². The Bertz CT molecular complexity index is 408. The van der Waals surface area contributed by atoms with Gasteiger partial charge in [-0.1, -0.05) is 15.9 Å². The zero-order chi connectivity index (χ0) is 13.0. The number of carbonyl (C=O) groups excluding carboxylic acids is 1. The minimum Gasteiger partial charge on any atom is -0.374 e. The van der Waals surface area contributed by atoms with E-state index in [1.807, 2.05) is 12.1 Å². The highest BCUT2D eigenvalue weighted by molar-refractivity contribution is 9.10. The number of carbonyl (C=O) groups is 1. The van der Waals surface area contributed by atoms with Gasteiger partial charge in [0.05, 0.1) is 12.7 Å². The summed E-state index contributed by atoms with van der Waals surface area (Å²) in [6, 6.07) is 7.32. The van der Waals surface area contributed by atoms with Crippen LogP contribution in [0.3, 0.4) is 0 Å². The lowest BCUT2D eigenvalue weighted by molar-refractivity contribution is -0.0175. The van der Waals surface area contributed by atoms with Crippen LogP contribution in [0.1, 0.15) is 10.4 Å². The Morgan fingerprint density at radius 2 is 2.22 bits per heavy atom. The summed E-state index contributed by atoms with van der Waals surface area (Å²) in [5.74, 6) is -0.0562. The van der Waals surface area contributed by atoms with Crippen molar-refractivity contribution in [1.82, 2.24) is 10.2 Å². The summed E-state index contributed by atoms with van der Waals surface area (Å²) in [5, 5.41) is 2.90. The van der Waals surface area contributed by atoms with Gasteiger partial charge in [0.15, 0.2) is 0 Å². The summed E-state index contributed by atoms with van der Waals surface area (Å²) in [5.41, 5.74) is 0.669. The molecule has 0 bridgehead atoms. The number of hydrogen-bond donors (Lipinski definition) is 1. The smallest absolute Gasteiger partial charge is 0.251 e. The van der Waals surface area contributed by atoms with Crippen LogP contribution in [0.2, 0.25) is 0 Å². The maximum Gasteiger partial charge on any atom is 0.251 e. The van der Waals surface area contributed by atoms with Crippen molar-refractivity contribution in [2.24, 2.45) is 0 Å². The minimum atomic E-state index is -0.0562. The van der Waals surface area contributed by atoms with Crippen LogP contribution < -0.4 is 5.32 Å². The van der Waals surface area contributed by atoms with Crippen molar-refractivity contribution in [3.05, 3.63) is 34.3 Å². The lowest BCUT2D eigenvalue weighted by Crippen LogP contribution is -2.45. The lowest BCUT2D eigenvalue weighted by Gasteiger charge is -2.30. The molecule has 0 radical (unpaired) electrons. The normalized spacial score (nSPS) is 20.7. The number of hydrogen-bond acceptors (Lipinski definition) is 3. The Morgan fingerprint density at radius 1 is 1.50 bits per heavy atom. The molecule has 1 aromatic carbocycles. The predicted octanol–water partition coefficient (Wildman–Crippen LogP) is 1.51. The fourth-order valence-corrected chi connectivity index (χ4v) is 2.16. The maximum absolute atomic E-state index is 11.9. The molecule has 0 aromatic heterocycles. The molecule has 1 aliphatic rings. The van der Waals surface area contributed by atoms with Crippen molar-refractivity contribution in [1.29, 1.82) is 0 Å². The zero-order valence-electron chi connectivity index (χ0n) is 10.4. The molecule has 1 N–H and O–H groups in total. The molecule has 1 aromatic rings. The molecule has 5 heteroatoms. The van der Waals surface area contributed by atoms with Crippen molar-refractivity contribution in [2.45, 2.75) is 6.10 Å². The Balaban J connectivity index is 1.82. The molecule has 4 nitrogen and oxygen atoms in total. The molecular weight excluding hydrogens is 296 g/mol. The van der Waals surface area contributed by atoms with E-state index in [1.54, 1.807) is 12.1 Å². The first-order valence-electron chi connectivity index (χ1n) is 5.99. The topological polar surface area (TPSA) is 41.6 Å². The highest BCUT2D eigenvalue weighted by Gasteiger charge is 2.18. The third kappa shape index (κ3) is 3.80. The zero-order valence-corrected chi connectivity index (χ0v) is 11.9. The van der Waals surface area contributed by atoms with Gasteiger partial charge < -0.3 is 15.0 Å². The Labute approximate surface area is 115 Å². The Morgan fingerprint density at radius 3 is 2.89 bits per heavy atom. The van der Waals surface area contributed by atoms with Crippen LogP contribution in [0.4, 0.5) is 0 Å². The first-order chi connectivity index (χ1) is 8.65. The summed E-state index contributed by atoms with van der Waals surface area (Å²) in [6.07, 6.45) is 0.0862. The van der Waals surface area contributed by atoms with E-state index in [2.05, 4.69) is 33.2 Å². The van der Waals surface area contributed by atoms with Gasteiger partial charge in [-0.3, -0.25) is 4.79 Å². The van der Waals surface area contributed by atoms with E-state index in [4.69, 9.17) is 4.74 Å². The van der Waals surface area contributed by atoms with Gasteiger partial charge in [0.1, 0.15) is 0 Å². The fourth-order valence-electron chi connectivity index (χ4n) is 1.90. The number of rotatable bonds is 3. The minimum absolute atomic E-state index is 0.0562. The molecule has 0 spiro atoms. The second kappa shape index (κ2) is 6.31. The summed E-state index contributed by atoms with van der Waals surface area (Å²) >= 11 is 3.35. The average molecular weight is 313 g/mol. The third-order valence-electron chi connectivity index (χ3n) is 2.94. The first kappa shape index (κ1) is 13.5. The summed E-state index contributed by atoms with van der Waals surface area (Å²) < 4.78 is 6.56. The first-order valence-corrected chi connectivity index (χ1v) is 6.78. The number of likely N-dealkylation sites (N-methyl/N-ethyl adjacent to an activating group) is 1. The molecule has 0 aliphatic carbocycles. The monoisotopic (exact) mass is 312 g/mol. The highest BCUT2D eigenvalue weighted by Crippen LogP contribution is 2.10. The van der Waals surface area contributed by atoms with Gasteiger partial charge in [-0.05, 0) is 31.3 Å². The van der Waals surface area contributed by atoms with Gasteiger partial charge in [-0.15, -0.1) is 0 Å². The van der Waals surface area contributed by atoms with Crippen LogP contribution in [0.25, 0.3) is 0 Å². The number of nitrogens with one attached hydrogen (secondary N) is 1. The molecule has 1 fully saturated rings. The van der Waals surface area contributed by atoms with Crippen LogP contribution >= 0.6 is 15.9 Å². The molecular formula is C13H17BrN2O2. The second-order valence-electron chi connectivity index (χ2n) is 4.47. The summed E-state index contributed by atoms with van der Waals surface area (Å²) in [6.45, 7) is 3.10. The van der Waals surface area contributed by atoms with Crippen LogP contribution in [-0.2, 0) is 4.74 Å². The average Bonchev–Trinajstić information content (AvgIpc) is 2.37. The molecule has 18 heavy (non-hydrogen) atoms. The number of ether oxygens (including phenoxy) is 1. The van der Waals surface area contributed by atoms with Crippen molar-refractivity contribution in [3.8, 4) is 0 Å². The molecule has 1 aliphatic heterocycles. The molecule has 0 saturated carbocycles. The number of benzene rings is 1. The van der Waals surface area contributed by atoms with Crippen LogP contribution in [0.15, 0.2) is 28.7 Å². The molecule has 1 unspecified atom stereocenters. The van der Waals surface area contributed by atoms with E-state index in [0.29, 0.717) is 12.1 Å². The van der Waals surface area contributed by atoms with Crippen molar-refractivity contribution >= 4 is 21.8 Å². The summed E-state index contributed by atoms with van der Waals surface area (Å²) in [7, 11) is 2.06. The quantitative estimate of drug-likeness (QED) is 0.920. The van der Waals surface area contributed by atoms with E-state index in [0.717, 1.165) is 24.2 Å². The highest BCUT2D eigenvalue weighted by atomic mass is 79.9. The van der Waals surface area contributed by atoms with E-state index < -0.39 is 0 Å². The molecule has 1 atom stereocenters. The SMILES string of the molecule is CN1CCOC(CNC(=O)c2ccc(Br)cc2)C1. The van der Waals surface area contributed by atoms with Crippen LogP contribution in [-0.4, -0.2) is 50.2 Å². The van der Waals surface area contributed by atoms with Gasteiger partial charge in [0.25, 0.3) is 5.91 Å². The number of halogens is 1. The maximum atomic E-state index is 11.9. The van der Waals surface area contributed by atoms with Crippen molar-refractivity contribution in [2.75, 3.05) is 33.3 Å². The third-order valence-corrected chi connectivity index (χ3v) is 3.47. The largest absolute Gasteiger partial charge is 0.374 e.